The van der Waals surface area contributed by atoms with E-state index in [1.165, 1.54) is 23.1 Å². The summed E-state index contributed by atoms with van der Waals surface area (Å²) in [5, 5.41) is 3.04. The number of hydrogen-bond donors (Lipinski definition) is 1. The average molecular weight is 347 g/mol. The number of hydrogen-bond acceptors (Lipinski definition) is 2. The molecule has 1 unspecified atom stereocenters. The van der Waals surface area contributed by atoms with E-state index < -0.39 is 11.9 Å². The summed E-state index contributed by atoms with van der Waals surface area (Å²) in [6.45, 7) is 0.186. The van der Waals surface area contributed by atoms with Crippen molar-refractivity contribution in [3.63, 3.8) is 0 Å². The molecule has 2 aromatic carbocycles. The van der Waals surface area contributed by atoms with Crippen molar-refractivity contribution < 1.29 is 14.0 Å². The summed E-state index contributed by atoms with van der Waals surface area (Å²) in [7, 11) is 0. The van der Waals surface area contributed by atoms with Gasteiger partial charge < -0.3 is 5.32 Å². The minimum Gasteiger partial charge on any atom is -0.350 e. The van der Waals surface area contributed by atoms with Gasteiger partial charge in [0.15, 0.2) is 0 Å². The SMILES string of the molecule is O=C(NCc1ccc(F)cc1Cl)C1CCC(=O)N1c1ccccc1. The summed E-state index contributed by atoms with van der Waals surface area (Å²) in [5.41, 5.74) is 1.34. The molecule has 3 rings (SSSR count). The molecule has 1 fully saturated rings. The van der Waals surface area contributed by atoms with Crippen molar-refractivity contribution in [3.8, 4) is 0 Å². The van der Waals surface area contributed by atoms with Crippen LogP contribution in [0.2, 0.25) is 5.02 Å². The Morgan fingerprint density at radius 2 is 2.00 bits per heavy atom. The van der Waals surface area contributed by atoms with Gasteiger partial charge in [-0.15, -0.1) is 0 Å². The third kappa shape index (κ3) is 3.41. The van der Waals surface area contributed by atoms with Crippen LogP contribution in [0.3, 0.4) is 0 Å². The largest absolute Gasteiger partial charge is 0.350 e. The second-order valence-corrected chi connectivity index (χ2v) is 6.01. The molecule has 0 bridgehead atoms. The maximum absolute atomic E-state index is 13.1. The van der Waals surface area contributed by atoms with Crippen LogP contribution in [-0.2, 0) is 16.1 Å². The number of carbonyl (C=O) groups excluding carboxylic acids is 2. The van der Waals surface area contributed by atoms with E-state index in [0.29, 0.717) is 24.1 Å². The van der Waals surface area contributed by atoms with Crippen LogP contribution in [0.4, 0.5) is 10.1 Å². The van der Waals surface area contributed by atoms with Crippen LogP contribution < -0.4 is 10.2 Å². The molecule has 0 radical (unpaired) electrons. The van der Waals surface area contributed by atoms with E-state index in [-0.39, 0.29) is 23.4 Å². The molecule has 1 aliphatic rings. The number of para-hydroxylation sites is 1. The van der Waals surface area contributed by atoms with E-state index in [0.717, 1.165) is 0 Å². The highest BCUT2D eigenvalue weighted by Gasteiger charge is 2.36. The van der Waals surface area contributed by atoms with Crippen LogP contribution >= 0.6 is 11.6 Å². The van der Waals surface area contributed by atoms with Crippen LogP contribution in [0.5, 0.6) is 0 Å². The minimum atomic E-state index is -0.542. The molecular formula is C18H16ClFN2O2. The lowest BCUT2D eigenvalue weighted by atomic mass is 10.1. The van der Waals surface area contributed by atoms with Crippen LogP contribution in [0.15, 0.2) is 48.5 Å². The van der Waals surface area contributed by atoms with Gasteiger partial charge in [-0.05, 0) is 36.2 Å². The predicted molar refractivity (Wildman–Crippen MR) is 90.2 cm³/mol. The number of amides is 2. The fourth-order valence-corrected chi connectivity index (χ4v) is 3.04. The van der Waals surface area contributed by atoms with Crippen molar-refractivity contribution in [1.82, 2.24) is 5.32 Å². The van der Waals surface area contributed by atoms with Crippen molar-refractivity contribution in [2.24, 2.45) is 0 Å². The molecule has 6 heteroatoms. The number of carbonyl (C=O) groups is 2. The maximum Gasteiger partial charge on any atom is 0.243 e. The summed E-state index contributed by atoms with van der Waals surface area (Å²) < 4.78 is 13.1. The lowest BCUT2D eigenvalue weighted by Crippen LogP contribution is -2.44. The van der Waals surface area contributed by atoms with Crippen LogP contribution in [0, 0.1) is 5.82 Å². The van der Waals surface area contributed by atoms with Crippen molar-refractivity contribution in [3.05, 3.63) is 64.9 Å². The van der Waals surface area contributed by atoms with Gasteiger partial charge in [-0.25, -0.2) is 4.39 Å². The van der Waals surface area contributed by atoms with Gasteiger partial charge >= 0.3 is 0 Å². The Morgan fingerprint density at radius 1 is 1.25 bits per heavy atom. The standard InChI is InChI=1S/C18H16ClFN2O2/c19-15-10-13(20)7-6-12(15)11-21-18(24)16-8-9-17(23)22(16)14-4-2-1-3-5-14/h1-7,10,16H,8-9,11H2,(H,21,24). The molecule has 124 valence electrons. The second-order valence-electron chi connectivity index (χ2n) is 5.61. The first kappa shape index (κ1) is 16.5. The normalized spacial score (nSPS) is 17.2. The Balaban J connectivity index is 1.71. The van der Waals surface area contributed by atoms with Gasteiger partial charge in [0.05, 0.1) is 0 Å². The van der Waals surface area contributed by atoms with Crippen LogP contribution in [0.1, 0.15) is 18.4 Å². The first-order valence-corrected chi connectivity index (χ1v) is 8.03. The predicted octanol–water partition coefficient (Wildman–Crippen LogP) is 3.29. The van der Waals surface area contributed by atoms with E-state index in [1.54, 1.807) is 12.1 Å². The Morgan fingerprint density at radius 3 is 2.71 bits per heavy atom. The zero-order valence-corrected chi connectivity index (χ0v) is 13.6. The fraction of sp³-hybridized carbons (Fsp3) is 0.222. The summed E-state index contributed by atoms with van der Waals surface area (Å²) >= 11 is 5.96. The lowest BCUT2D eigenvalue weighted by molar-refractivity contribution is -0.124. The quantitative estimate of drug-likeness (QED) is 0.923. The summed E-state index contributed by atoms with van der Waals surface area (Å²) in [5.74, 6) is -0.738. The molecule has 0 aromatic heterocycles. The Bertz CT molecular complexity index is 767. The maximum atomic E-state index is 13.1. The monoisotopic (exact) mass is 346 g/mol. The Kier molecular flexibility index (Phi) is 4.81. The third-order valence-corrected chi connectivity index (χ3v) is 4.37. The number of rotatable bonds is 4. The van der Waals surface area contributed by atoms with Crippen molar-refractivity contribution in [2.75, 3.05) is 4.90 Å². The molecule has 2 amide bonds. The molecule has 1 heterocycles. The molecule has 0 aliphatic carbocycles. The number of nitrogens with zero attached hydrogens (tertiary/aromatic N) is 1. The Labute approximate surface area is 144 Å². The van der Waals surface area contributed by atoms with E-state index in [4.69, 9.17) is 11.6 Å². The van der Waals surface area contributed by atoms with Crippen LogP contribution in [0.25, 0.3) is 0 Å². The number of benzene rings is 2. The van der Waals surface area contributed by atoms with Crippen molar-refractivity contribution in [2.45, 2.75) is 25.4 Å². The molecule has 24 heavy (non-hydrogen) atoms. The lowest BCUT2D eigenvalue weighted by Gasteiger charge is -2.24. The van der Waals surface area contributed by atoms with Gasteiger partial charge in [0, 0.05) is 23.7 Å². The smallest absolute Gasteiger partial charge is 0.243 e. The molecule has 1 N–H and O–H groups in total. The first-order valence-electron chi connectivity index (χ1n) is 7.65. The highest BCUT2D eigenvalue weighted by Crippen LogP contribution is 2.26. The third-order valence-electron chi connectivity index (χ3n) is 4.02. The first-order chi connectivity index (χ1) is 11.6. The van der Waals surface area contributed by atoms with E-state index in [9.17, 15) is 14.0 Å². The van der Waals surface area contributed by atoms with Gasteiger partial charge in [0.1, 0.15) is 11.9 Å². The minimum absolute atomic E-state index is 0.0684. The number of anilines is 1. The molecule has 0 spiro atoms. The zero-order valence-electron chi connectivity index (χ0n) is 12.8. The molecule has 1 atom stereocenters. The second kappa shape index (κ2) is 7.01. The van der Waals surface area contributed by atoms with E-state index in [1.807, 2.05) is 18.2 Å². The van der Waals surface area contributed by atoms with Crippen LogP contribution in [-0.4, -0.2) is 17.9 Å². The molecule has 4 nitrogen and oxygen atoms in total. The number of nitrogens with one attached hydrogen (secondary N) is 1. The highest BCUT2D eigenvalue weighted by atomic mass is 35.5. The average Bonchev–Trinajstić information content (AvgIpc) is 2.96. The fourth-order valence-electron chi connectivity index (χ4n) is 2.81. The van der Waals surface area contributed by atoms with Crippen molar-refractivity contribution >= 4 is 29.1 Å². The summed E-state index contributed by atoms with van der Waals surface area (Å²) in [6.07, 6.45) is 0.807. The summed E-state index contributed by atoms with van der Waals surface area (Å²) in [6, 6.07) is 12.6. The molecule has 0 saturated carbocycles. The number of halogens is 2. The molecular weight excluding hydrogens is 331 g/mol. The topological polar surface area (TPSA) is 49.4 Å². The van der Waals surface area contributed by atoms with E-state index in [2.05, 4.69) is 5.32 Å². The van der Waals surface area contributed by atoms with Gasteiger partial charge in [-0.2, -0.15) is 0 Å². The van der Waals surface area contributed by atoms with E-state index >= 15 is 0 Å². The van der Waals surface area contributed by atoms with Gasteiger partial charge in [-0.3, -0.25) is 14.5 Å². The molecule has 1 saturated heterocycles. The summed E-state index contributed by atoms with van der Waals surface area (Å²) in [4.78, 5) is 26.2. The molecule has 2 aromatic rings. The zero-order chi connectivity index (χ0) is 17.1. The van der Waals surface area contributed by atoms with Gasteiger partial charge in [0.2, 0.25) is 11.8 Å². The van der Waals surface area contributed by atoms with Crippen molar-refractivity contribution in [1.29, 1.82) is 0 Å². The van der Waals surface area contributed by atoms with Gasteiger partial charge in [0.25, 0.3) is 0 Å². The van der Waals surface area contributed by atoms with Gasteiger partial charge in [-0.1, -0.05) is 35.9 Å². The Hall–Kier alpha value is -2.40. The highest BCUT2D eigenvalue weighted by molar-refractivity contribution is 6.31. The molecule has 1 aliphatic heterocycles.